The predicted octanol–water partition coefficient (Wildman–Crippen LogP) is 4.59. The molecule has 0 aliphatic heterocycles. The van der Waals surface area contributed by atoms with E-state index in [2.05, 4.69) is 12.2 Å². The molecular formula is C15H22N2O2S. The van der Waals surface area contributed by atoms with Crippen LogP contribution in [-0.2, 0) is 5.75 Å². The van der Waals surface area contributed by atoms with Crippen LogP contribution in [-0.4, -0.2) is 16.7 Å². The summed E-state index contributed by atoms with van der Waals surface area (Å²) in [6.45, 7) is 2.83. The summed E-state index contributed by atoms with van der Waals surface area (Å²) in [5.41, 5.74) is 1.97. The number of thioether (sulfide) groups is 1. The number of nitrogens with one attached hydrogen (secondary N) is 1. The zero-order chi connectivity index (χ0) is 14.4. The lowest BCUT2D eigenvalue weighted by atomic mass is 10.1. The fraction of sp³-hybridized carbons (Fsp3) is 0.600. The molecule has 0 amide bonds. The Balaban J connectivity index is 2.12. The van der Waals surface area contributed by atoms with Crippen molar-refractivity contribution in [2.75, 3.05) is 11.9 Å². The van der Waals surface area contributed by atoms with E-state index in [4.69, 9.17) is 0 Å². The zero-order valence-corrected chi connectivity index (χ0v) is 12.7. The third kappa shape index (κ3) is 3.88. The Hall–Kier alpha value is -1.23. The van der Waals surface area contributed by atoms with Gasteiger partial charge in [-0.3, -0.25) is 10.1 Å². The zero-order valence-electron chi connectivity index (χ0n) is 11.9. The Labute approximate surface area is 124 Å². The van der Waals surface area contributed by atoms with Crippen molar-refractivity contribution in [1.29, 1.82) is 0 Å². The van der Waals surface area contributed by atoms with Crippen molar-refractivity contribution < 1.29 is 4.92 Å². The molecular weight excluding hydrogens is 272 g/mol. The normalized spacial score (nSPS) is 15.4. The predicted molar refractivity (Wildman–Crippen MR) is 85.4 cm³/mol. The Kier molecular flexibility index (Phi) is 5.71. The second kappa shape index (κ2) is 7.53. The lowest BCUT2D eigenvalue weighted by Crippen LogP contribution is -2.06. The van der Waals surface area contributed by atoms with Gasteiger partial charge in [-0.15, -0.1) is 0 Å². The molecule has 1 aromatic carbocycles. The Bertz CT molecular complexity index is 459. The van der Waals surface area contributed by atoms with Gasteiger partial charge >= 0.3 is 0 Å². The average molecular weight is 294 g/mol. The van der Waals surface area contributed by atoms with Gasteiger partial charge in [-0.05, 0) is 24.8 Å². The molecule has 0 saturated heterocycles. The van der Waals surface area contributed by atoms with Crippen LogP contribution in [0.25, 0.3) is 0 Å². The molecule has 2 rings (SSSR count). The van der Waals surface area contributed by atoms with Crippen molar-refractivity contribution in [2.45, 2.75) is 50.0 Å². The summed E-state index contributed by atoms with van der Waals surface area (Å²) in [7, 11) is 0. The van der Waals surface area contributed by atoms with Gasteiger partial charge < -0.3 is 5.32 Å². The van der Waals surface area contributed by atoms with E-state index in [9.17, 15) is 10.1 Å². The monoisotopic (exact) mass is 294 g/mol. The van der Waals surface area contributed by atoms with Gasteiger partial charge in [-0.2, -0.15) is 11.8 Å². The fourth-order valence-corrected chi connectivity index (χ4v) is 3.90. The summed E-state index contributed by atoms with van der Waals surface area (Å²) >= 11 is 1.94. The van der Waals surface area contributed by atoms with Crippen molar-refractivity contribution in [3.63, 3.8) is 0 Å². The van der Waals surface area contributed by atoms with Gasteiger partial charge in [0.2, 0.25) is 0 Å². The van der Waals surface area contributed by atoms with E-state index in [0.29, 0.717) is 5.69 Å². The topological polar surface area (TPSA) is 55.2 Å². The van der Waals surface area contributed by atoms with Crippen LogP contribution < -0.4 is 5.32 Å². The summed E-state index contributed by atoms with van der Waals surface area (Å²) < 4.78 is 0. The molecule has 0 unspecified atom stereocenters. The van der Waals surface area contributed by atoms with Crippen molar-refractivity contribution in [3.8, 4) is 0 Å². The van der Waals surface area contributed by atoms with Crippen LogP contribution in [0.5, 0.6) is 0 Å². The average Bonchev–Trinajstić information content (AvgIpc) is 2.96. The fourth-order valence-electron chi connectivity index (χ4n) is 2.58. The first-order chi connectivity index (χ1) is 9.72. The summed E-state index contributed by atoms with van der Waals surface area (Å²) in [5.74, 6) is 0.860. The second-order valence-corrected chi connectivity index (χ2v) is 6.50. The quantitative estimate of drug-likeness (QED) is 0.590. The molecule has 1 N–H and O–H groups in total. The van der Waals surface area contributed by atoms with Crippen LogP contribution in [0, 0.1) is 10.1 Å². The van der Waals surface area contributed by atoms with Crippen LogP contribution in [0.2, 0.25) is 0 Å². The van der Waals surface area contributed by atoms with Crippen molar-refractivity contribution in [3.05, 3.63) is 33.9 Å². The van der Waals surface area contributed by atoms with E-state index in [1.807, 2.05) is 17.8 Å². The standard InChI is InChI=1S/C15H22N2O2S/c1-2-10-16-15-12(6-5-9-14(15)17(18)19)11-20-13-7-3-4-8-13/h5-6,9,13,16H,2-4,7-8,10-11H2,1H3. The number of anilines is 1. The number of benzene rings is 1. The first kappa shape index (κ1) is 15.2. The van der Waals surface area contributed by atoms with E-state index in [-0.39, 0.29) is 10.6 Å². The third-order valence-corrected chi connectivity index (χ3v) is 5.07. The molecule has 1 aromatic rings. The highest BCUT2D eigenvalue weighted by atomic mass is 32.2. The molecule has 4 nitrogen and oxygen atoms in total. The van der Waals surface area contributed by atoms with E-state index in [1.54, 1.807) is 12.1 Å². The van der Waals surface area contributed by atoms with Crippen molar-refractivity contribution in [2.24, 2.45) is 0 Å². The molecule has 0 spiro atoms. The highest BCUT2D eigenvalue weighted by Gasteiger charge is 2.19. The minimum absolute atomic E-state index is 0.197. The number of hydrogen-bond acceptors (Lipinski definition) is 4. The van der Waals surface area contributed by atoms with Crippen molar-refractivity contribution >= 4 is 23.1 Å². The molecule has 1 aliphatic carbocycles. The van der Waals surface area contributed by atoms with E-state index >= 15 is 0 Å². The number of hydrogen-bond donors (Lipinski definition) is 1. The third-order valence-electron chi connectivity index (χ3n) is 3.65. The molecule has 110 valence electrons. The van der Waals surface area contributed by atoms with Crippen LogP contribution in [0.4, 0.5) is 11.4 Å². The summed E-state index contributed by atoms with van der Waals surface area (Å²) in [6.07, 6.45) is 6.19. The summed E-state index contributed by atoms with van der Waals surface area (Å²) in [6, 6.07) is 5.38. The Morgan fingerprint density at radius 2 is 2.15 bits per heavy atom. The lowest BCUT2D eigenvalue weighted by molar-refractivity contribution is -0.384. The molecule has 1 aliphatic rings. The SMILES string of the molecule is CCCNc1c(CSC2CCCC2)cccc1[N+](=O)[O-]. The maximum Gasteiger partial charge on any atom is 0.292 e. The highest BCUT2D eigenvalue weighted by Crippen LogP contribution is 2.35. The van der Waals surface area contributed by atoms with Crippen LogP contribution in [0.1, 0.15) is 44.6 Å². The molecule has 0 bridgehead atoms. The highest BCUT2D eigenvalue weighted by molar-refractivity contribution is 7.99. The molecule has 20 heavy (non-hydrogen) atoms. The largest absolute Gasteiger partial charge is 0.379 e. The van der Waals surface area contributed by atoms with Crippen molar-refractivity contribution in [1.82, 2.24) is 0 Å². The number of nitrogens with zero attached hydrogens (tertiary/aromatic N) is 1. The molecule has 0 radical (unpaired) electrons. The van der Waals surface area contributed by atoms with Gasteiger partial charge in [0.1, 0.15) is 5.69 Å². The first-order valence-electron chi connectivity index (χ1n) is 7.34. The van der Waals surface area contributed by atoms with Crippen LogP contribution >= 0.6 is 11.8 Å². The number of rotatable bonds is 7. The molecule has 1 fully saturated rings. The molecule has 0 aromatic heterocycles. The first-order valence-corrected chi connectivity index (χ1v) is 8.39. The molecule has 5 heteroatoms. The Morgan fingerprint density at radius 3 is 2.80 bits per heavy atom. The summed E-state index contributed by atoms with van der Waals surface area (Å²) in [4.78, 5) is 10.9. The molecule has 1 saturated carbocycles. The van der Waals surface area contributed by atoms with E-state index in [0.717, 1.165) is 29.5 Å². The summed E-state index contributed by atoms with van der Waals surface area (Å²) in [5, 5.41) is 15.1. The minimum atomic E-state index is -0.290. The Morgan fingerprint density at radius 1 is 1.40 bits per heavy atom. The van der Waals surface area contributed by atoms with Crippen LogP contribution in [0.15, 0.2) is 18.2 Å². The van der Waals surface area contributed by atoms with Gasteiger partial charge in [0.25, 0.3) is 5.69 Å². The lowest BCUT2D eigenvalue weighted by Gasteiger charge is -2.14. The van der Waals surface area contributed by atoms with E-state index < -0.39 is 0 Å². The molecule has 0 heterocycles. The number of nitro groups is 1. The van der Waals surface area contributed by atoms with Gasteiger partial charge in [-0.25, -0.2) is 0 Å². The van der Waals surface area contributed by atoms with Gasteiger partial charge in [0.15, 0.2) is 0 Å². The molecule has 0 atom stereocenters. The number of nitro benzene ring substituents is 1. The van der Waals surface area contributed by atoms with Crippen LogP contribution in [0.3, 0.4) is 0 Å². The van der Waals surface area contributed by atoms with Gasteiger partial charge in [-0.1, -0.05) is 31.9 Å². The van der Waals surface area contributed by atoms with E-state index in [1.165, 1.54) is 25.7 Å². The maximum absolute atomic E-state index is 11.2. The van der Waals surface area contributed by atoms with Gasteiger partial charge in [0, 0.05) is 23.6 Å². The number of para-hydroxylation sites is 1. The van der Waals surface area contributed by atoms with Gasteiger partial charge in [0.05, 0.1) is 4.92 Å². The maximum atomic E-state index is 11.2. The minimum Gasteiger partial charge on any atom is -0.379 e. The second-order valence-electron chi connectivity index (χ2n) is 5.21. The smallest absolute Gasteiger partial charge is 0.292 e.